The summed E-state index contributed by atoms with van der Waals surface area (Å²) >= 11 is 0. The van der Waals surface area contributed by atoms with Gasteiger partial charge in [-0.25, -0.2) is 4.79 Å². The highest BCUT2D eigenvalue weighted by atomic mass is 16.4. The molecule has 4 nitrogen and oxygen atoms in total. The standard InChI is InChI=1S/C23H29NO3/c1-3-5-6-7-15-22(25)24(21-14-9-8-12-19(21)4-2)17-18-11-10-13-20(16-18)23(26)27/h8-14,16H,3-7,15,17H2,1-2H3,(H,26,27). The van der Waals surface area contributed by atoms with Gasteiger partial charge in [-0.05, 0) is 42.2 Å². The summed E-state index contributed by atoms with van der Waals surface area (Å²) < 4.78 is 0. The van der Waals surface area contributed by atoms with Crippen molar-refractivity contribution < 1.29 is 14.7 Å². The Morgan fingerprint density at radius 2 is 1.74 bits per heavy atom. The van der Waals surface area contributed by atoms with Gasteiger partial charge in [0.15, 0.2) is 0 Å². The number of carboxylic acids is 1. The number of para-hydroxylation sites is 1. The lowest BCUT2D eigenvalue weighted by molar-refractivity contribution is -0.118. The van der Waals surface area contributed by atoms with E-state index in [1.54, 1.807) is 18.2 Å². The van der Waals surface area contributed by atoms with Crippen LogP contribution in [-0.4, -0.2) is 17.0 Å². The summed E-state index contributed by atoms with van der Waals surface area (Å²) in [6.07, 6.45) is 5.56. The van der Waals surface area contributed by atoms with E-state index in [1.807, 2.05) is 35.2 Å². The molecule has 0 fully saturated rings. The second-order valence-electron chi connectivity index (χ2n) is 6.78. The van der Waals surface area contributed by atoms with E-state index >= 15 is 0 Å². The lowest BCUT2D eigenvalue weighted by atomic mass is 10.1. The van der Waals surface area contributed by atoms with Crippen LogP contribution in [0.5, 0.6) is 0 Å². The van der Waals surface area contributed by atoms with Crippen LogP contribution in [0, 0.1) is 0 Å². The highest BCUT2D eigenvalue weighted by molar-refractivity contribution is 5.94. The number of hydrogen-bond acceptors (Lipinski definition) is 2. The van der Waals surface area contributed by atoms with Crippen LogP contribution >= 0.6 is 0 Å². The number of anilines is 1. The Hall–Kier alpha value is -2.62. The van der Waals surface area contributed by atoms with Crippen LogP contribution in [0.4, 0.5) is 5.69 Å². The average Bonchev–Trinajstić information content (AvgIpc) is 2.69. The van der Waals surface area contributed by atoms with Crippen molar-refractivity contribution in [3.8, 4) is 0 Å². The number of carbonyl (C=O) groups is 2. The van der Waals surface area contributed by atoms with Gasteiger partial charge < -0.3 is 10.0 Å². The molecule has 0 spiro atoms. The van der Waals surface area contributed by atoms with Gasteiger partial charge in [-0.15, -0.1) is 0 Å². The Balaban J connectivity index is 2.27. The molecule has 27 heavy (non-hydrogen) atoms. The summed E-state index contributed by atoms with van der Waals surface area (Å²) in [6.45, 7) is 4.61. The molecule has 0 saturated carbocycles. The third kappa shape index (κ3) is 5.95. The highest BCUT2D eigenvalue weighted by Crippen LogP contribution is 2.25. The Labute approximate surface area is 161 Å². The molecule has 0 heterocycles. The van der Waals surface area contributed by atoms with Gasteiger partial charge in [0, 0.05) is 12.1 Å². The fraction of sp³-hybridized carbons (Fsp3) is 0.391. The predicted octanol–water partition coefficient (Wildman–Crippen LogP) is 5.45. The third-order valence-corrected chi connectivity index (χ3v) is 4.72. The molecule has 1 amide bonds. The van der Waals surface area contributed by atoms with E-state index < -0.39 is 5.97 Å². The first-order valence-corrected chi connectivity index (χ1v) is 9.77. The smallest absolute Gasteiger partial charge is 0.335 e. The Morgan fingerprint density at radius 3 is 2.44 bits per heavy atom. The minimum absolute atomic E-state index is 0.0905. The maximum atomic E-state index is 13.0. The molecule has 4 heteroatoms. The van der Waals surface area contributed by atoms with E-state index in [2.05, 4.69) is 13.8 Å². The molecular formula is C23H29NO3. The third-order valence-electron chi connectivity index (χ3n) is 4.72. The maximum absolute atomic E-state index is 13.0. The van der Waals surface area contributed by atoms with Crippen molar-refractivity contribution in [3.63, 3.8) is 0 Å². The number of hydrogen-bond donors (Lipinski definition) is 1. The van der Waals surface area contributed by atoms with Crippen LogP contribution < -0.4 is 4.90 Å². The van der Waals surface area contributed by atoms with E-state index in [-0.39, 0.29) is 11.5 Å². The number of benzene rings is 2. The summed E-state index contributed by atoms with van der Waals surface area (Å²) in [7, 11) is 0. The SMILES string of the molecule is CCCCCCC(=O)N(Cc1cccc(C(=O)O)c1)c1ccccc1CC. The molecule has 2 aromatic carbocycles. The van der Waals surface area contributed by atoms with Crippen LogP contribution in [0.1, 0.15) is 67.4 Å². The minimum atomic E-state index is -0.955. The van der Waals surface area contributed by atoms with Gasteiger partial charge in [-0.2, -0.15) is 0 Å². The first-order chi connectivity index (χ1) is 13.1. The van der Waals surface area contributed by atoms with Crippen LogP contribution in [0.3, 0.4) is 0 Å². The molecule has 0 saturated heterocycles. The van der Waals surface area contributed by atoms with E-state index in [0.29, 0.717) is 13.0 Å². The van der Waals surface area contributed by atoms with Crippen LogP contribution in [0.25, 0.3) is 0 Å². The van der Waals surface area contributed by atoms with Gasteiger partial charge in [-0.3, -0.25) is 4.79 Å². The molecule has 0 aliphatic heterocycles. The first-order valence-electron chi connectivity index (χ1n) is 9.77. The lowest BCUT2D eigenvalue weighted by Gasteiger charge is -2.25. The van der Waals surface area contributed by atoms with E-state index in [1.165, 1.54) is 0 Å². The highest BCUT2D eigenvalue weighted by Gasteiger charge is 2.18. The largest absolute Gasteiger partial charge is 0.478 e. The van der Waals surface area contributed by atoms with Crippen molar-refractivity contribution in [1.29, 1.82) is 0 Å². The van der Waals surface area contributed by atoms with Crippen LogP contribution in [0.15, 0.2) is 48.5 Å². The number of rotatable bonds is 10. The van der Waals surface area contributed by atoms with Crippen molar-refractivity contribution in [2.75, 3.05) is 4.90 Å². The van der Waals surface area contributed by atoms with Crippen molar-refractivity contribution in [1.82, 2.24) is 0 Å². The van der Waals surface area contributed by atoms with E-state index in [4.69, 9.17) is 0 Å². The second kappa shape index (κ2) is 10.5. The number of aromatic carboxylic acids is 1. The average molecular weight is 367 g/mol. The quantitative estimate of drug-likeness (QED) is 0.568. The fourth-order valence-corrected chi connectivity index (χ4v) is 3.20. The molecule has 0 unspecified atom stereocenters. The maximum Gasteiger partial charge on any atom is 0.335 e. The van der Waals surface area contributed by atoms with Crippen molar-refractivity contribution >= 4 is 17.6 Å². The summed E-state index contributed by atoms with van der Waals surface area (Å²) in [5.74, 6) is -0.865. The molecule has 2 aromatic rings. The normalized spacial score (nSPS) is 10.6. The summed E-state index contributed by atoms with van der Waals surface area (Å²) in [6, 6.07) is 14.8. The number of nitrogens with zero attached hydrogens (tertiary/aromatic N) is 1. The monoisotopic (exact) mass is 367 g/mol. The first kappa shape index (κ1) is 20.7. The molecule has 144 valence electrons. The number of unbranched alkanes of at least 4 members (excludes halogenated alkanes) is 3. The van der Waals surface area contributed by atoms with E-state index in [9.17, 15) is 14.7 Å². The molecule has 0 bridgehead atoms. The molecule has 0 radical (unpaired) electrons. The van der Waals surface area contributed by atoms with E-state index in [0.717, 1.165) is 48.9 Å². The number of carbonyl (C=O) groups excluding carboxylic acids is 1. The van der Waals surface area contributed by atoms with Gasteiger partial charge >= 0.3 is 5.97 Å². The fourth-order valence-electron chi connectivity index (χ4n) is 3.20. The Morgan fingerprint density at radius 1 is 0.963 bits per heavy atom. The van der Waals surface area contributed by atoms with Gasteiger partial charge in [0.2, 0.25) is 5.91 Å². The summed E-state index contributed by atoms with van der Waals surface area (Å²) in [4.78, 5) is 26.1. The zero-order valence-electron chi connectivity index (χ0n) is 16.3. The van der Waals surface area contributed by atoms with Crippen LogP contribution in [0.2, 0.25) is 0 Å². The van der Waals surface area contributed by atoms with Gasteiger partial charge in [0.1, 0.15) is 0 Å². The van der Waals surface area contributed by atoms with Crippen molar-refractivity contribution in [2.24, 2.45) is 0 Å². The lowest BCUT2D eigenvalue weighted by Crippen LogP contribution is -2.31. The summed E-state index contributed by atoms with van der Waals surface area (Å²) in [5, 5.41) is 9.24. The Bertz CT molecular complexity index is 770. The zero-order chi connectivity index (χ0) is 19.6. The predicted molar refractivity (Wildman–Crippen MR) is 109 cm³/mol. The number of carboxylic acid groups (broad SMARTS) is 1. The van der Waals surface area contributed by atoms with Crippen molar-refractivity contribution in [2.45, 2.75) is 58.9 Å². The zero-order valence-corrected chi connectivity index (χ0v) is 16.3. The van der Waals surface area contributed by atoms with Crippen LogP contribution in [-0.2, 0) is 17.8 Å². The number of amides is 1. The number of aryl methyl sites for hydroxylation is 1. The molecule has 0 aromatic heterocycles. The second-order valence-corrected chi connectivity index (χ2v) is 6.78. The molecule has 0 aliphatic carbocycles. The minimum Gasteiger partial charge on any atom is -0.478 e. The molecule has 0 aliphatic rings. The Kier molecular flexibility index (Phi) is 8.05. The molecule has 1 N–H and O–H groups in total. The molecule has 0 atom stereocenters. The molecular weight excluding hydrogens is 338 g/mol. The van der Waals surface area contributed by atoms with Gasteiger partial charge in [0.05, 0.1) is 12.1 Å². The topological polar surface area (TPSA) is 57.6 Å². The van der Waals surface area contributed by atoms with Gasteiger partial charge in [-0.1, -0.05) is 63.4 Å². The van der Waals surface area contributed by atoms with Crippen molar-refractivity contribution in [3.05, 3.63) is 65.2 Å². The van der Waals surface area contributed by atoms with Gasteiger partial charge in [0.25, 0.3) is 0 Å². The summed E-state index contributed by atoms with van der Waals surface area (Å²) in [5.41, 5.74) is 3.10. The molecule has 2 rings (SSSR count).